The Morgan fingerprint density at radius 2 is 2.14 bits per heavy atom. The van der Waals surface area contributed by atoms with Gasteiger partial charge in [0.25, 0.3) is 0 Å². The van der Waals surface area contributed by atoms with E-state index in [1.54, 1.807) is 0 Å². The maximum absolute atomic E-state index is 6.04. The molecule has 1 aromatic heterocycles. The molecular weight excluding hydrogens is 284 g/mol. The minimum atomic E-state index is 0.706. The molecule has 3 rings (SSSR count). The normalized spacial score (nSPS) is 16.3. The fraction of sp³-hybridized carbons (Fsp3) is 0.562. The van der Waals surface area contributed by atoms with Crippen molar-refractivity contribution in [2.24, 2.45) is 5.92 Å². The first-order chi connectivity index (χ1) is 10.3. The third kappa shape index (κ3) is 3.28. The highest BCUT2D eigenvalue weighted by molar-refractivity contribution is 7.99. The maximum atomic E-state index is 6.04. The van der Waals surface area contributed by atoms with Crippen LogP contribution in [0.15, 0.2) is 16.7 Å². The zero-order chi connectivity index (χ0) is 14.7. The monoisotopic (exact) mass is 306 g/mol. The van der Waals surface area contributed by atoms with Crippen LogP contribution in [0.3, 0.4) is 0 Å². The Bertz CT molecular complexity index is 606. The molecule has 0 saturated heterocycles. The summed E-state index contributed by atoms with van der Waals surface area (Å²) in [6.45, 7) is 2.89. The first-order valence-electron chi connectivity index (χ1n) is 7.59. The summed E-state index contributed by atoms with van der Waals surface area (Å²) in [6.07, 6.45) is 8.63. The Kier molecular flexibility index (Phi) is 4.58. The molecule has 0 aliphatic heterocycles. The molecular formula is C16H22N2O2S. The number of fused-ring (bicyclic) bond motifs is 1. The van der Waals surface area contributed by atoms with Gasteiger partial charge in [0, 0.05) is 12.3 Å². The molecule has 1 N–H and O–H groups in total. The molecule has 1 fully saturated rings. The number of hydrogen-bond acceptors (Lipinski definition) is 5. The quantitative estimate of drug-likeness (QED) is 0.805. The number of aromatic nitrogens is 1. The minimum Gasteiger partial charge on any atom is -0.493 e. The van der Waals surface area contributed by atoms with Gasteiger partial charge in [-0.2, -0.15) is 0 Å². The lowest BCUT2D eigenvalue weighted by molar-refractivity contribution is 0.208. The van der Waals surface area contributed by atoms with E-state index in [1.807, 2.05) is 12.3 Å². The molecule has 0 spiro atoms. The fourth-order valence-electron chi connectivity index (χ4n) is 2.96. The van der Waals surface area contributed by atoms with E-state index in [0.717, 1.165) is 34.7 Å². The highest BCUT2D eigenvalue weighted by Crippen LogP contribution is 2.32. The van der Waals surface area contributed by atoms with E-state index < -0.39 is 0 Å². The van der Waals surface area contributed by atoms with Crippen LogP contribution in [0.5, 0.6) is 5.75 Å². The highest BCUT2D eigenvalue weighted by Gasteiger charge is 2.16. The van der Waals surface area contributed by atoms with Crippen LogP contribution in [0.4, 0.5) is 5.82 Å². The number of aryl methyl sites for hydroxylation is 1. The van der Waals surface area contributed by atoms with Crippen molar-refractivity contribution in [1.29, 1.82) is 0 Å². The molecule has 4 nitrogen and oxygen atoms in total. The van der Waals surface area contributed by atoms with Gasteiger partial charge in [0.05, 0.1) is 12.0 Å². The fourth-order valence-corrected chi connectivity index (χ4v) is 3.30. The third-order valence-corrected chi connectivity index (χ3v) is 4.56. The van der Waals surface area contributed by atoms with Crippen molar-refractivity contribution in [2.75, 3.05) is 17.6 Å². The molecule has 1 aromatic carbocycles. The van der Waals surface area contributed by atoms with Gasteiger partial charge in [-0.1, -0.05) is 36.4 Å². The molecule has 0 atom stereocenters. The van der Waals surface area contributed by atoms with Crippen LogP contribution in [0.25, 0.3) is 11.0 Å². The van der Waals surface area contributed by atoms with Crippen LogP contribution >= 0.6 is 11.9 Å². The molecule has 0 unspecified atom stereocenters. The van der Waals surface area contributed by atoms with E-state index in [2.05, 4.69) is 22.9 Å². The van der Waals surface area contributed by atoms with E-state index >= 15 is 0 Å². The minimum absolute atomic E-state index is 0.706. The molecule has 0 radical (unpaired) electrons. The largest absolute Gasteiger partial charge is 0.493 e. The second-order valence-corrected chi connectivity index (χ2v) is 6.38. The molecule has 1 aliphatic rings. The van der Waals surface area contributed by atoms with Crippen molar-refractivity contribution >= 4 is 28.7 Å². The number of anilines is 1. The summed E-state index contributed by atoms with van der Waals surface area (Å²) in [7, 11) is 0. The summed E-state index contributed by atoms with van der Waals surface area (Å²) in [5.74, 6) is 2.40. The molecule has 1 aliphatic carbocycles. The Morgan fingerprint density at radius 1 is 1.33 bits per heavy atom. The number of nitrogens with zero attached hydrogens (tertiary/aromatic N) is 1. The second kappa shape index (κ2) is 6.60. The number of ether oxygens (including phenoxy) is 1. The van der Waals surface area contributed by atoms with Crippen molar-refractivity contribution in [3.05, 3.63) is 17.7 Å². The zero-order valence-corrected chi connectivity index (χ0v) is 13.5. The van der Waals surface area contributed by atoms with Crippen LogP contribution < -0.4 is 9.46 Å². The van der Waals surface area contributed by atoms with E-state index in [-0.39, 0.29) is 0 Å². The van der Waals surface area contributed by atoms with E-state index in [1.165, 1.54) is 44.1 Å². The van der Waals surface area contributed by atoms with Crippen LogP contribution in [0.2, 0.25) is 0 Å². The first kappa shape index (κ1) is 14.6. The number of hydrogen-bond donors (Lipinski definition) is 1. The van der Waals surface area contributed by atoms with E-state index in [9.17, 15) is 0 Å². The Morgan fingerprint density at radius 3 is 2.90 bits per heavy atom. The predicted molar refractivity (Wildman–Crippen MR) is 88.0 cm³/mol. The van der Waals surface area contributed by atoms with Crippen molar-refractivity contribution < 1.29 is 9.26 Å². The lowest BCUT2D eigenvalue weighted by Gasteiger charge is -2.22. The summed E-state index contributed by atoms with van der Waals surface area (Å²) in [6, 6.07) is 4.05. The van der Waals surface area contributed by atoms with Gasteiger partial charge < -0.3 is 14.0 Å². The van der Waals surface area contributed by atoms with Crippen LogP contribution in [-0.4, -0.2) is 18.0 Å². The van der Waals surface area contributed by atoms with Gasteiger partial charge in [0.2, 0.25) is 0 Å². The number of benzene rings is 1. The van der Waals surface area contributed by atoms with Crippen molar-refractivity contribution in [3.8, 4) is 5.75 Å². The first-order valence-corrected chi connectivity index (χ1v) is 8.82. The summed E-state index contributed by atoms with van der Waals surface area (Å²) < 4.78 is 14.6. The number of nitrogens with one attached hydrogen (secondary N) is 1. The van der Waals surface area contributed by atoms with Gasteiger partial charge in [0.1, 0.15) is 5.75 Å². The molecule has 1 heterocycles. The second-order valence-electron chi connectivity index (χ2n) is 5.77. The van der Waals surface area contributed by atoms with Gasteiger partial charge in [-0.3, -0.25) is 0 Å². The Hall–Kier alpha value is -1.36. The number of rotatable bonds is 5. The van der Waals surface area contributed by atoms with Crippen molar-refractivity contribution in [3.63, 3.8) is 0 Å². The average Bonchev–Trinajstić information content (AvgIpc) is 2.88. The van der Waals surface area contributed by atoms with Gasteiger partial charge in [-0.15, -0.1) is 0 Å². The molecule has 2 aromatic rings. The summed E-state index contributed by atoms with van der Waals surface area (Å²) in [4.78, 5) is 0. The van der Waals surface area contributed by atoms with Gasteiger partial charge in [0.15, 0.2) is 11.4 Å². The van der Waals surface area contributed by atoms with E-state index in [4.69, 9.17) is 9.26 Å². The summed E-state index contributed by atoms with van der Waals surface area (Å²) in [5, 5.41) is 5.06. The zero-order valence-electron chi connectivity index (χ0n) is 12.6. The average molecular weight is 306 g/mol. The lowest BCUT2D eigenvalue weighted by atomic mass is 9.90. The predicted octanol–water partition coefficient (Wildman–Crippen LogP) is 4.79. The standard InChI is InChI=1S/C16H22N2O2S/c1-11-8-13-15(20-17-16(13)18-21-2)9-14(11)19-10-12-6-4-3-5-7-12/h8-9,12H,3-7,10H2,1-2H3,(H,17,18). The van der Waals surface area contributed by atoms with E-state index in [0.29, 0.717) is 5.92 Å². The molecule has 114 valence electrons. The smallest absolute Gasteiger partial charge is 0.187 e. The topological polar surface area (TPSA) is 47.3 Å². The van der Waals surface area contributed by atoms with Gasteiger partial charge in [-0.25, -0.2) is 0 Å². The van der Waals surface area contributed by atoms with Gasteiger partial charge >= 0.3 is 0 Å². The highest BCUT2D eigenvalue weighted by atomic mass is 32.2. The molecule has 1 saturated carbocycles. The molecule has 5 heteroatoms. The van der Waals surface area contributed by atoms with Crippen molar-refractivity contribution in [1.82, 2.24) is 5.16 Å². The SMILES string of the molecule is CSNc1noc2cc(OCC3CCCCC3)c(C)cc12. The molecule has 0 amide bonds. The Labute approximate surface area is 129 Å². The summed E-state index contributed by atoms with van der Waals surface area (Å²) >= 11 is 1.51. The lowest BCUT2D eigenvalue weighted by Crippen LogP contribution is -2.15. The van der Waals surface area contributed by atoms with Crippen LogP contribution in [0, 0.1) is 12.8 Å². The summed E-state index contributed by atoms with van der Waals surface area (Å²) in [5.41, 5.74) is 1.90. The van der Waals surface area contributed by atoms with Crippen molar-refractivity contribution in [2.45, 2.75) is 39.0 Å². The van der Waals surface area contributed by atoms with Crippen LogP contribution in [0.1, 0.15) is 37.7 Å². The Balaban J connectivity index is 1.74. The maximum Gasteiger partial charge on any atom is 0.187 e. The third-order valence-electron chi connectivity index (χ3n) is 4.17. The molecule has 21 heavy (non-hydrogen) atoms. The van der Waals surface area contributed by atoms with Gasteiger partial charge in [-0.05, 0) is 37.3 Å². The molecule has 0 bridgehead atoms. The van der Waals surface area contributed by atoms with Crippen LogP contribution in [-0.2, 0) is 0 Å².